The number of nitrogens with zero attached hydrogens (tertiary/aromatic N) is 1. The van der Waals surface area contributed by atoms with Gasteiger partial charge in [-0.3, -0.25) is 9.59 Å². The third-order valence-electron chi connectivity index (χ3n) is 4.20. The Labute approximate surface area is 147 Å². The smallest absolute Gasteiger partial charge is 0.265 e. The zero-order valence-electron chi connectivity index (χ0n) is 14.5. The average molecular weight is 338 g/mol. The lowest BCUT2D eigenvalue weighted by atomic mass is 10.2. The van der Waals surface area contributed by atoms with E-state index >= 15 is 0 Å². The van der Waals surface area contributed by atoms with E-state index in [0.717, 1.165) is 24.2 Å². The van der Waals surface area contributed by atoms with E-state index in [4.69, 9.17) is 4.74 Å². The van der Waals surface area contributed by atoms with Gasteiger partial charge in [-0.15, -0.1) is 0 Å². The third kappa shape index (κ3) is 4.18. The van der Waals surface area contributed by atoms with E-state index in [2.05, 4.69) is 5.32 Å². The second-order valence-corrected chi connectivity index (χ2v) is 6.26. The Bertz CT molecular complexity index is 771. The fourth-order valence-electron chi connectivity index (χ4n) is 2.79. The second kappa shape index (κ2) is 7.38. The summed E-state index contributed by atoms with van der Waals surface area (Å²) in [6.45, 7) is 4.43. The molecule has 0 bridgehead atoms. The number of aryl methyl sites for hydroxylation is 1. The average Bonchev–Trinajstić information content (AvgIpc) is 3.03. The predicted molar refractivity (Wildman–Crippen MR) is 97.9 cm³/mol. The van der Waals surface area contributed by atoms with Crippen LogP contribution in [-0.4, -0.2) is 24.5 Å². The highest BCUT2D eigenvalue weighted by molar-refractivity contribution is 5.97. The third-order valence-corrected chi connectivity index (χ3v) is 4.20. The SMILES string of the molecule is Cc1ccc(OC(C)C(=O)Nc2cccc(N3CCCC3=O)c2)cc1. The molecule has 5 nitrogen and oxygen atoms in total. The molecule has 1 atom stereocenters. The molecule has 1 fully saturated rings. The lowest BCUT2D eigenvalue weighted by molar-refractivity contribution is -0.122. The first-order valence-electron chi connectivity index (χ1n) is 8.47. The molecule has 2 aromatic rings. The maximum atomic E-state index is 12.4. The molecule has 5 heteroatoms. The minimum absolute atomic E-state index is 0.125. The van der Waals surface area contributed by atoms with Gasteiger partial charge in [0.05, 0.1) is 0 Å². The van der Waals surface area contributed by atoms with Crippen molar-refractivity contribution in [3.63, 3.8) is 0 Å². The number of anilines is 2. The first kappa shape index (κ1) is 17.0. The summed E-state index contributed by atoms with van der Waals surface area (Å²) < 4.78 is 5.67. The van der Waals surface area contributed by atoms with Crippen LogP contribution in [0.25, 0.3) is 0 Å². The van der Waals surface area contributed by atoms with Gasteiger partial charge in [-0.05, 0) is 50.6 Å². The highest BCUT2D eigenvalue weighted by atomic mass is 16.5. The summed E-state index contributed by atoms with van der Waals surface area (Å²) in [6.07, 6.45) is 0.828. The molecule has 1 saturated heterocycles. The summed E-state index contributed by atoms with van der Waals surface area (Å²) in [5.74, 6) is 0.551. The Morgan fingerprint density at radius 1 is 1.20 bits per heavy atom. The highest BCUT2D eigenvalue weighted by Crippen LogP contribution is 2.24. The minimum atomic E-state index is -0.625. The van der Waals surface area contributed by atoms with Crippen LogP contribution < -0.4 is 15.0 Å². The van der Waals surface area contributed by atoms with Crippen LogP contribution in [0.3, 0.4) is 0 Å². The molecule has 130 valence electrons. The summed E-state index contributed by atoms with van der Waals surface area (Å²) in [6, 6.07) is 14.9. The molecular weight excluding hydrogens is 316 g/mol. The molecule has 0 spiro atoms. The van der Waals surface area contributed by atoms with Gasteiger partial charge in [-0.25, -0.2) is 0 Å². The Kier molecular flexibility index (Phi) is 5.03. The molecule has 0 aliphatic carbocycles. The van der Waals surface area contributed by atoms with Crippen molar-refractivity contribution in [1.82, 2.24) is 0 Å². The fraction of sp³-hybridized carbons (Fsp3) is 0.300. The van der Waals surface area contributed by atoms with Gasteiger partial charge < -0.3 is 15.0 Å². The van der Waals surface area contributed by atoms with E-state index in [1.54, 1.807) is 17.9 Å². The predicted octanol–water partition coefficient (Wildman–Crippen LogP) is 3.53. The number of rotatable bonds is 5. The molecule has 1 heterocycles. The molecule has 1 aliphatic heterocycles. The molecule has 25 heavy (non-hydrogen) atoms. The maximum absolute atomic E-state index is 12.4. The van der Waals surface area contributed by atoms with Crippen LogP contribution in [0.5, 0.6) is 5.75 Å². The van der Waals surface area contributed by atoms with Gasteiger partial charge in [0.25, 0.3) is 5.91 Å². The van der Waals surface area contributed by atoms with Crippen molar-refractivity contribution >= 4 is 23.2 Å². The fourth-order valence-corrected chi connectivity index (χ4v) is 2.79. The number of hydrogen-bond donors (Lipinski definition) is 1. The number of nitrogens with one attached hydrogen (secondary N) is 1. The van der Waals surface area contributed by atoms with Gasteiger partial charge in [0.15, 0.2) is 6.10 Å². The van der Waals surface area contributed by atoms with E-state index in [9.17, 15) is 9.59 Å². The zero-order chi connectivity index (χ0) is 17.8. The molecule has 2 amide bonds. The van der Waals surface area contributed by atoms with Crippen molar-refractivity contribution in [3.8, 4) is 5.75 Å². The van der Waals surface area contributed by atoms with Crippen molar-refractivity contribution in [1.29, 1.82) is 0 Å². The van der Waals surface area contributed by atoms with Crippen LogP contribution in [-0.2, 0) is 9.59 Å². The van der Waals surface area contributed by atoms with Crippen molar-refractivity contribution < 1.29 is 14.3 Å². The number of ether oxygens (including phenoxy) is 1. The summed E-state index contributed by atoms with van der Waals surface area (Å²) in [5, 5.41) is 2.85. The molecule has 1 aliphatic rings. The number of hydrogen-bond acceptors (Lipinski definition) is 3. The molecule has 0 radical (unpaired) electrons. The zero-order valence-corrected chi connectivity index (χ0v) is 14.5. The van der Waals surface area contributed by atoms with Crippen molar-refractivity contribution in [2.45, 2.75) is 32.8 Å². The van der Waals surface area contributed by atoms with E-state index < -0.39 is 6.10 Å². The first-order valence-corrected chi connectivity index (χ1v) is 8.47. The molecule has 2 aromatic carbocycles. The van der Waals surface area contributed by atoms with E-state index in [1.807, 2.05) is 49.4 Å². The van der Waals surface area contributed by atoms with E-state index in [-0.39, 0.29) is 11.8 Å². The largest absolute Gasteiger partial charge is 0.481 e. The molecule has 1 N–H and O–H groups in total. The maximum Gasteiger partial charge on any atom is 0.265 e. The van der Waals surface area contributed by atoms with Gasteiger partial charge in [0.2, 0.25) is 5.91 Å². The number of carbonyl (C=O) groups excluding carboxylic acids is 2. The Hall–Kier alpha value is -2.82. The summed E-state index contributed by atoms with van der Waals surface area (Å²) in [4.78, 5) is 26.0. The molecule has 0 saturated carbocycles. The quantitative estimate of drug-likeness (QED) is 0.907. The number of amides is 2. The molecular formula is C20H22N2O3. The van der Waals surface area contributed by atoms with Crippen LogP contribution in [0, 0.1) is 6.92 Å². The molecule has 0 aromatic heterocycles. The van der Waals surface area contributed by atoms with Gasteiger partial charge in [0, 0.05) is 24.3 Å². The van der Waals surface area contributed by atoms with Gasteiger partial charge in [-0.1, -0.05) is 23.8 Å². The first-order chi connectivity index (χ1) is 12.0. The topological polar surface area (TPSA) is 58.6 Å². The Morgan fingerprint density at radius 3 is 2.64 bits per heavy atom. The van der Waals surface area contributed by atoms with Crippen LogP contribution in [0.4, 0.5) is 11.4 Å². The van der Waals surface area contributed by atoms with Gasteiger partial charge in [-0.2, -0.15) is 0 Å². The molecule has 3 rings (SSSR count). The highest BCUT2D eigenvalue weighted by Gasteiger charge is 2.22. The Balaban J connectivity index is 1.64. The summed E-state index contributed by atoms with van der Waals surface area (Å²) in [7, 11) is 0. The van der Waals surface area contributed by atoms with E-state index in [0.29, 0.717) is 17.9 Å². The number of carbonyl (C=O) groups is 2. The van der Waals surface area contributed by atoms with Gasteiger partial charge >= 0.3 is 0 Å². The normalized spacial score (nSPS) is 15.1. The molecule has 1 unspecified atom stereocenters. The second-order valence-electron chi connectivity index (χ2n) is 6.26. The summed E-state index contributed by atoms with van der Waals surface area (Å²) >= 11 is 0. The Morgan fingerprint density at radius 2 is 1.96 bits per heavy atom. The minimum Gasteiger partial charge on any atom is -0.481 e. The van der Waals surface area contributed by atoms with Crippen LogP contribution in [0.1, 0.15) is 25.3 Å². The van der Waals surface area contributed by atoms with Crippen molar-refractivity contribution in [2.24, 2.45) is 0 Å². The summed E-state index contributed by atoms with van der Waals surface area (Å²) in [5.41, 5.74) is 2.60. The van der Waals surface area contributed by atoms with Crippen molar-refractivity contribution in [2.75, 3.05) is 16.8 Å². The van der Waals surface area contributed by atoms with Crippen LogP contribution in [0.2, 0.25) is 0 Å². The van der Waals surface area contributed by atoms with Gasteiger partial charge in [0.1, 0.15) is 5.75 Å². The van der Waals surface area contributed by atoms with E-state index in [1.165, 1.54) is 0 Å². The number of benzene rings is 2. The monoisotopic (exact) mass is 338 g/mol. The van der Waals surface area contributed by atoms with Crippen LogP contribution in [0.15, 0.2) is 48.5 Å². The lowest BCUT2D eigenvalue weighted by Crippen LogP contribution is -2.30. The van der Waals surface area contributed by atoms with Crippen LogP contribution >= 0.6 is 0 Å². The van der Waals surface area contributed by atoms with Crippen molar-refractivity contribution in [3.05, 3.63) is 54.1 Å². The lowest BCUT2D eigenvalue weighted by Gasteiger charge is -2.18. The standard InChI is InChI=1S/C20H22N2O3/c1-14-8-10-18(11-9-14)25-15(2)20(24)21-16-5-3-6-17(13-16)22-12-4-7-19(22)23/h3,5-6,8-11,13,15H,4,7,12H2,1-2H3,(H,21,24).